The minimum atomic E-state index is -1.23. The van der Waals surface area contributed by atoms with Gasteiger partial charge in [0.2, 0.25) is 0 Å². The van der Waals surface area contributed by atoms with Gasteiger partial charge in [-0.3, -0.25) is 9.78 Å². The largest absolute Gasteiger partial charge is 0.477 e. The van der Waals surface area contributed by atoms with E-state index in [0.717, 1.165) is 0 Å². The number of carboxylic acid groups (broad SMARTS) is 1. The van der Waals surface area contributed by atoms with E-state index in [1.54, 1.807) is 24.4 Å². The number of aromatic carboxylic acids is 1. The quantitative estimate of drug-likeness (QED) is 0.725. The summed E-state index contributed by atoms with van der Waals surface area (Å²) in [6.07, 6.45) is 2.78. The molecular formula is C11H10N4O3. The number of carbonyl (C=O) groups is 2. The highest BCUT2D eigenvalue weighted by molar-refractivity contribution is 6.02. The van der Waals surface area contributed by atoms with Crippen LogP contribution in [0.2, 0.25) is 0 Å². The van der Waals surface area contributed by atoms with E-state index >= 15 is 0 Å². The minimum absolute atomic E-state index is 0.140. The molecule has 2 rings (SSSR count). The van der Waals surface area contributed by atoms with Crippen molar-refractivity contribution in [2.75, 3.05) is 0 Å². The lowest BCUT2D eigenvalue weighted by molar-refractivity contribution is 0.0685. The van der Waals surface area contributed by atoms with Gasteiger partial charge in [-0.05, 0) is 12.1 Å². The van der Waals surface area contributed by atoms with E-state index in [0.29, 0.717) is 5.69 Å². The predicted molar refractivity (Wildman–Crippen MR) is 61.0 cm³/mol. The van der Waals surface area contributed by atoms with Gasteiger partial charge in [-0.25, -0.2) is 9.78 Å². The number of hydrogen-bond acceptors (Lipinski definition) is 4. The molecule has 2 heterocycles. The highest BCUT2D eigenvalue weighted by Crippen LogP contribution is 2.03. The summed E-state index contributed by atoms with van der Waals surface area (Å²) in [5, 5.41) is 11.4. The molecule has 7 nitrogen and oxygen atoms in total. The molecule has 0 saturated heterocycles. The number of H-pyrrole nitrogens is 1. The van der Waals surface area contributed by atoms with Crippen LogP contribution in [0.4, 0.5) is 0 Å². The van der Waals surface area contributed by atoms with Crippen molar-refractivity contribution in [1.82, 2.24) is 20.3 Å². The van der Waals surface area contributed by atoms with Crippen LogP contribution in [0.1, 0.15) is 26.7 Å². The average Bonchev–Trinajstić information content (AvgIpc) is 2.86. The van der Waals surface area contributed by atoms with Gasteiger partial charge in [0, 0.05) is 6.20 Å². The Labute approximate surface area is 102 Å². The summed E-state index contributed by atoms with van der Waals surface area (Å²) in [5.41, 5.74) is 0.310. The molecule has 0 aliphatic rings. The fraction of sp³-hybridized carbons (Fsp3) is 0.0909. The van der Waals surface area contributed by atoms with E-state index in [-0.39, 0.29) is 17.9 Å². The SMILES string of the molecule is O=C(NCc1ccccn1)c1nc[nH]c1C(=O)O. The zero-order chi connectivity index (χ0) is 13.0. The monoisotopic (exact) mass is 246 g/mol. The maximum Gasteiger partial charge on any atom is 0.354 e. The van der Waals surface area contributed by atoms with Gasteiger partial charge < -0.3 is 15.4 Å². The first kappa shape index (κ1) is 11.8. The van der Waals surface area contributed by atoms with Crippen LogP contribution < -0.4 is 5.32 Å². The lowest BCUT2D eigenvalue weighted by Crippen LogP contribution is -2.25. The standard InChI is InChI=1S/C11H10N4O3/c16-10(8-9(11(17)18)15-6-14-8)13-5-7-3-1-2-4-12-7/h1-4,6H,5H2,(H,13,16)(H,14,15)(H,17,18). The van der Waals surface area contributed by atoms with E-state index in [2.05, 4.69) is 20.3 Å². The Morgan fingerprint density at radius 1 is 1.33 bits per heavy atom. The van der Waals surface area contributed by atoms with Crippen LogP contribution in [0.3, 0.4) is 0 Å². The second-order valence-corrected chi connectivity index (χ2v) is 3.44. The zero-order valence-electron chi connectivity index (χ0n) is 9.25. The van der Waals surface area contributed by atoms with Gasteiger partial charge in [0.05, 0.1) is 18.6 Å². The van der Waals surface area contributed by atoms with Crippen molar-refractivity contribution < 1.29 is 14.7 Å². The normalized spacial score (nSPS) is 10.0. The lowest BCUT2D eigenvalue weighted by Gasteiger charge is -2.03. The lowest BCUT2D eigenvalue weighted by atomic mass is 10.3. The maximum absolute atomic E-state index is 11.7. The van der Waals surface area contributed by atoms with E-state index < -0.39 is 11.9 Å². The average molecular weight is 246 g/mol. The molecule has 0 aliphatic heterocycles. The molecule has 0 aromatic carbocycles. The van der Waals surface area contributed by atoms with Crippen LogP contribution in [0.5, 0.6) is 0 Å². The summed E-state index contributed by atoms with van der Waals surface area (Å²) in [6, 6.07) is 5.32. The third-order valence-electron chi connectivity index (χ3n) is 2.22. The molecule has 3 N–H and O–H groups in total. The van der Waals surface area contributed by atoms with E-state index in [9.17, 15) is 9.59 Å². The van der Waals surface area contributed by atoms with Crippen molar-refractivity contribution in [3.8, 4) is 0 Å². The molecule has 0 fully saturated rings. The third-order valence-corrected chi connectivity index (χ3v) is 2.22. The topological polar surface area (TPSA) is 108 Å². The minimum Gasteiger partial charge on any atom is -0.477 e. The molecule has 0 bridgehead atoms. The van der Waals surface area contributed by atoms with Crippen LogP contribution in [-0.2, 0) is 6.54 Å². The molecule has 0 radical (unpaired) electrons. The fourth-order valence-electron chi connectivity index (χ4n) is 1.39. The predicted octanol–water partition coefficient (Wildman–Crippen LogP) is 0.433. The molecule has 7 heteroatoms. The Hall–Kier alpha value is -2.70. The number of pyridine rings is 1. The molecule has 1 amide bonds. The Morgan fingerprint density at radius 2 is 2.17 bits per heavy atom. The van der Waals surface area contributed by atoms with Crippen LogP contribution in [0.25, 0.3) is 0 Å². The molecule has 0 atom stereocenters. The Kier molecular flexibility index (Phi) is 3.33. The smallest absolute Gasteiger partial charge is 0.354 e. The molecule has 2 aromatic heterocycles. The second kappa shape index (κ2) is 5.09. The Balaban J connectivity index is 2.04. The van der Waals surface area contributed by atoms with Crippen molar-refractivity contribution in [2.24, 2.45) is 0 Å². The number of carbonyl (C=O) groups excluding carboxylic acids is 1. The van der Waals surface area contributed by atoms with Gasteiger partial charge in [-0.15, -0.1) is 0 Å². The number of carboxylic acids is 1. The number of aromatic amines is 1. The maximum atomic E-state index is 11.7. The van der Waals surface area contributed by atoms with Crippen molar-refractivity contribution in [2.45, 2.75) is 6.54 Å². The van der Waals surface area contributed by atoms with Crippen molar-refractivity contribution >= 4 is 11.9 Å². The first-order valence-corrected chi connectivity index (χ1v) is 5.13. The van der Waals surface area contributed by atoms with E-state index in [4.69, 9.17) is 5.11 Å². The van der Waals surface area contributed by atoms with Gasteiger partial charge in [0.1, 0.15) is 0 Å². The van der Waals surface area contributed by atoms with Gasteiger partial charge in [-0.2, -0.15) is 0 Å². The summed E-state index contributed by atoms with van der Waals surface area (Å²) in [5.74, 6) is -1.78. The van der Waals surface area contributed by atoms with E-state index in [1.165, 1.54) is 6.33 Å². The molecule has 92 valence electrons. The zero-order valence-corrected chi connectivity index (χ0v) is 9.25. The molecule has 2 aromatic rings. The van der Waals surface area contributed by atoms with Gasteiger partial charge in [0.15, 0.2) is 11.4 Å². The highest BCUT2D eigenvalue weighted by atomic mass is 16.4. The highest BCUT2D eigenvalue weighted by Gasteiger charge is 2.19. The number of amides is 1. The summed E-state index contributed by atoms with van der Waals surface area (Å²) in [7, 11) is 0. The Bertz CT molecular complexity index is 565. The number of imidazole rings is 1. The number of hydrogen-bond donors (Lipinski definition) is 3. The third kappa shape index (κ3) is 2.51. The number of rotatable bonds is 4. The molecule has 0 saturated carbocycles. The second-order valence-electron chi connectivity index (χ2n) is 3.44. The van der Waals surface area contributed by atoms with Crippen LogP contribution in [-0.4, -0.2) is 31.9 Å². The first-order chi connectivity index (χ1) is 8.68. The molecule has 0 aliphatic carbocycles. The van der Waals surface area contributed by atoms with Gasteiger partial charge in [0.25, 0.3) is 5.91 Å². The first-order valence-electron chi connectivity index (χ1n) is 5.13. The molecular weight excluding hydrogens is 236 g/mol. The van der Waals surface area contributed by atoms with Crippen molar-refractivity contribution in [3.63, 3.8) is 0 Å². The summed E-state index contributed by atoms with van der Waals surface area (Å²) in [6.45, 7) is 0.214. The Morgan fingerprint density at radius 3 is 2.83 bits per heavy atom. The van der Waals surface area contributed by atoms with Crippen molar-refractivity contribution in [3.05, 3.63) is 47.8 Å². The van der Waals surface area contributed by atoms with Crippen LogP contribution in [0.15, 0.2) is 30.7 Å². The summed E-state index contributed by atoms with van der Waals surface area (Å²) < 4.78 is 0. The van der Waals surface area contributed by atoms with Crippen LogP contribution >= 0.6 is 0 Å². The summed E-state index contributed by atoms with van der Waals surface area (Å²) >= 11 is 0. The number of aromatic nitrogens is 3. The number of nitrogens with zero attached hydrogens (tertiary/aromatic N) is 2. The molecule has 0 unspecified atom stereocenters. The number of nitrogens with one attached hydrogen (secondary N) is 2. The molecule has 0 spiro atoms. The van der Waals surface area contributed by atoms with E-state index in [1.807, 2.05) is 0 Å². The van der Waals surface area contributed by atoms with Gasteiger partial charge in [-0.1, -0.05) is 6.07 Å². The summed E-state index contributed by atoms with van der Waals surface area (Å²) in [4.78, 5) is 32.6. The van der Waals surface area contributed by atoms with Crippen LogP contribution in [0, 0.1) is 0 Å². The molecule has 18 heavy (non-hydrogen) atoms. The van der Waals surface area contributed by atoms with Crippen molar-refractivity contribution in [1.29, 1.82) is 0 Å². The van der Waals surface area contributed by atoms with Gasteiger partial charge >= 0.3 is 5.97 Å². The fourth-order valence-corrected chi connectivity index (χ4v) is 1.39.